The molecule has 0 aliphatic carbocycles. The zero-order valence-electron chi connectivity index (χ0n) is 13.0. The largest absolute Gasteiger partial charge is 0.369 e. The van der Waals surface area contributed by atoms with Crippen LogP contribution in [0, 0.1) is 0 Å². The van der Waals surface area contributed by atoms with E-state index in [0.29, 0.717) is 0 Å². The first kappa shape index (κ1) is 15.8. The summed E-state index contributed by atoms with van der Waals surface area (Å²) < 4.78 is 1.20. The molecule has 0 unspecified atom stereocenters. The summed E-state index contributed by atoms with van der Waals surface area (Å²) in [6, 6.07) is 6.70. The number of nitrogens with zero attached hydrogens (tertiary/aromatic N) is 2. The average Bonchev–Trinajstić information content (AvgIpc) is 2.40. The molecule has 0 aromatic heterocycles. The topological polar surface area (TPSA) is 18.5 Å². The molecule has 1 aliphatic rings. The molecule has 1 saturated heterocycles. The second kappa shape index (κ2) is 6.46. The van der Waals surface area contributed by atoms with Gasteiger partial charge in [-0.1, -0.05) is 22.0 Å². The van der Waals surface area contributed by atoms with Crippen LogP contribution in [0.5, 0.6) is 0 Å². The lowest BCUT2D eigenvalue weighted by molar-refractivity contribution is 0.128. The number of benzene rings is 1. The molecule has 4 heteroatoms. The first-order chi connectivity index (χ1) is 9.41. The van der Waals surface area contributed by atoms with Crippen molar-refractivity contribution < 1.29 is 0 Å². The molecule has 112 valence electrons. The molecule has 0 atom stereocenters. The normalized spacial score (nSPS) is 17.6. The summed E-state index contributed by atoms with van der Waals surface area (Å²) in [7, 11) is 1.98. The third-order valence-electron chi connectivity index (χ3n) is 4.00. The van der Waals surface area contributed by atoms with Crippen molar-refractivity contribution in [3.63, 3.8) is 0 Å². The number of piperazine rings is 1. The lowest BCUT2D eigenvalue weighted by Crippen LogP contribution is -2.53. The van der Waals surface area contributed by atoms with Gasteiger partial charge in [-0.05, 0) is 45.5 Å². The van der Waals surface area contributed by atoms with Crippen LogP contribution in [0.15, 0.2) is 22.7 Å². The quantitative estimate of drug-likeness (QED) is 0.912. The van der Waals surface area contributed by atoms with E-state index in [4.69, 9.17) is 0 Å². The van der Waals surface area contributed by atoms with Gasteiger partial charge in [-0.2, -0.15) is 0 Å². The molecule has 0 bridgehead atoms. The zero-order valence-corrected chi connectivity index (χ0v) is 14.6. The Morgan fingerprint density at radius 1 is 1.15 bits per heavy atom. The molecule has 3 nitrogen and oxygen atoms in total. The molecule has 1 aromatic rings. The number of halogens is 1. The van der Waals surface area contributed by atoms with Gasteiger partial charge in [0.1, 0.15) is 0 Å². The molecule has 0 spiro atoms. The summed E-state index contributed by atoms with van der Waals surface area (Å²) >= 11 is 3.68. The summed E-state index contributed by atoms with van der Waals surface area (Å²) in [5.41, 5.74) is 2.92. The van der Waals surface area contributed by atoms with Gasteiger partial charge in [0.15, 0.2) is 0 Å². The second-order valence-corrected chi connectivity index (χ2v) is 7.31. The van der Waals surface area contributed by atoms with Crippen molar-refractivity contribution >= 4 is 21.6 Å². The Kier molecular flexibility index (Phi) is 5.10. The van der Waals surface area contributed by atoms with Gasteiger partial charge < -0.3 is 10.2 Å². The lowest BCUT2D eigenvalue weighted by Gasteiger charge is -2.43. The van der Waals surface area contributed by atoms with Crippen LogP contribution in [0.4, 0.5) is 5.69 Å². The lowest BCUT2D eigenvalue weighted by atomic mass is 10.0. The van der Waals surface area contributed by atoms with E-state index >= 15 is 0 Å². The van der Waals surface area contributed by atoms with E-state index in [1.807, 2.05) is 7.05 Å². The van der Waals surface area contributed by atoms with Gasteiger partial charge in [0.25, 0.3) is 0 Å². The number of rotatable bonds is 3. The van der Waals surface area contributed by atoms with Crippen LogP contribution in [0.1, 0.15) is 26.3 Å². The molecule has 1 heterocycles. The molecule has 2 rings (SSSR count). The van der Waals surface area contributed by atoms with E-state index in [1.54, 1.807) is 0 Å². The van der Waals surface area contributed by atoms with Gasteiger partial charge in [-0.3, -0.25) is 4.90 Å². The van der Waals surface area contributed by atoms with Crippen molar-refractivity contribution in [3.8, 4) is 0 Å². The van der Waals surface area contributed by atoms with Crippen molar-refractivity contribution in [1.29, 1.82) is 0 Å². The minimum absolute atomic E-state index is 0.281. The Morgan fingerprint density at radius 2 is 1.80 bits per heavy atom. The molecular weight excluding hydrogens is 314 g/mol. The summed E-state index contributed by atoms with van der Waals surface area (Å²) in [6.07, 6.45) is 0. The molecule has 20 heavy (non-hydrogen) atoms. The fraction of sp³-hybridized carbons (Fsp3) is 0.625. The Bertz CT molecular complexity index is 446. The molecule has 0 radical (unpaired) electrons. The number of hydrogen-bond acceptors (Lipinski definition) is 3. The second-order valence-electron chi connectivity index (χ2n) is 6.45. The van der Waals surface area contributed by atoms with Crippen LogP contribution in [0.2, 0.25) is 0 Å². The maximum Gasteiger partial charge on any atom is 0.0378 e. The van der Waals surface area contributed by atoms with Crippen LogP contribution in [0.25, 0.3) is 0 Å². The molecule has 0 saturated carbocycles. The first-order valence-corrected chi connectivity index (χ1v) is 8.14. The highest BCUT2D eigenvalue weighted by molar-refractivity contribution is 9.10. The summed E-state index contributed by atoms with van der Waals surface area (Å²) in [6.45, 7) is 12.3. The number of anilines is 1. The van der Waals surface area contributed by atoms with E-state index in [-0.39, 0.29) is 5.54 Å². The van der Waals surface area contributed by atoms with E-state index in [9.17, 15) is 0 Å². The molecule has 1 N–H and O–H groups in total. The van der Waals surface area contributed by atoms with E-state index in [0.717, 1.165) is 32.7 Å². The maximum absolute atomic E-state index is 3.68. The highest BCUT2D eigenvalue weighted by Gasteiger charge is 2.25. The fourth-order valence-electron chi connectivity index (χ4n) is 2.70. The minimum atomic E-state index is 0.281. The van der Waals surface area contributed by atoms with Crippen LogP contribution < -0.4 is 10.2 Å². The Balaban J connectivity index is 2.02. The smallest absolute Gasteiger partial charge is 0.0378 e. The van der Waals surface area contributed by atoms with Crippen LogP contribution in [-0.4, -0.2) is 43.7 Å². The molecule has 1 aromatic carbocycles. The Hall–Kier alpha value is -0.580. The number of hydrogen-bond donors (Lipinski definition) is 1. The van der Waals surface area contributed by atoms with Gasteiger partial charge in [0.05, 0.1) is 0 Å². The van der Waals surface area contributed by atoms with E-state index < -0.39 is 0 Å². The van der Waals surface area contributed by atoms with Crippen molar-refractivity contribution in [2.45, 2.75) is 32.9 Å². The van der Waals surface area contributed by atoms with E-state index in [1.165, 1.54) is 15.7 Å². The monoisotopic (exact) mass is 339 g/mol. The predicted octanol–water partition coefficient (Wildman–Crippen LogP) is 3.09. The van der Waals surface area contributed by atoms with E-state index in [2.05, 4.69) is 70.0 Å². The first-order valence-electron chi connectivity index (χ1n) is 7.35. The maximum atomic E-state index is 3.68. The van der Waals surface area contributed by atoms with Crippen molar-refractivity contribution in [3.05, 3.63) is 28.2 Å². The number of nitrogens with one attached hydrogen (secondary N) is 1. The third-order valence-corrected chi connectivity index (χ3v) is 4.74. The van der Waals surface area contributed by atoms with Crippen molar-refractivity contribution in [1.82, 2.24) is 10.2 Å². The Labute approximate surface area is 131 Å². The van der Waals surface area contributed by atoms with Gasteiger partial charge in [-0.25, -0.2) is 0 Å². The third kappa shape index (κ3) is 3.74. The SMILES string of the molecule is CNCc1ccc(N2CCN(C(C)(C)C)CC2)cc1Br. The summed E-state index contributed by atoms with van der Waals surface area (Å²) in [5.74, 6) is 0. The summed E-state index contributed by atoms with van der Waals surface area (Å²) in [4.78, 5) is 5.05. The van der Waals surface area contributed by atoms with Gasteiger partial charge in [0, 0.05) is 48.4 Å². The highest BCUT2D eigenvalue weighted by atomic mass is 79.9. The standard InChI is InChI=1S/C16H26BrN3/c1-16(2,3)20-9-7-19(8-10-20)14-6-5-13(12-18-4)15(17)11-14/h5-6,11,18H,7-10,12H2,1-4H3. The average molecular weight is 340 g/mol. The molecule has 0 amide bonds. The molecule has 1 fully saturated rings. The van der Waals surface area contributed by atoms with Gasteiger partial charge in [-0.15, -0.1) is 0 Å². The van der Waals surface area contributed by atoms with Crippen LogP contribution >= 0.6 is 15.9 Å². The predicted molar refractivity (Wildman–Crippen MR) is 90.4 cm³/mol. The van der Waals surface area contributed by atoms with Gasteiger partial charge >= 0.3 is 0 Å². The van der Waals surface area contributed by atoms with Gasteiger partial charge in [0.2, 0.25) is 0 Å². The van der Waals surface area contributed by atoms with Crippen LogP contribution in [-0.2, 0) is 6.54 Å². The Morgan fingerprint density at radius 3 is 2.30 bits per heavy atom. The molecular formula is C16H26BrN3. The minimum Gasteiger partial charge on any atom is -0.369 e. The van der Waals surface area contributed by atoms with Crippen LogP contribution in [0.3, 0.4) is 0 Å². The van der Waals surface area contributed by atoms with Crippen molar-refractivity contribution in [2.75, 3.05) is 38.1 Å². The fourth-order valence-corrected chi connectivity index (χ4v) is 3.21. The zero-order chi connectivity index (χ0) is 14.8. The highest BCUT2D eigenvalue weighted by Crippen LogP contribution is 2.26. The van der Waals surface area contributed by atoms with Crippen molar-refractivity contribution in [2.24, 2.45) is 0 Å². The molecule has 1 aliphatic heterocycles. The summed E-state index contributed by atoms with van der Waals surface area (Å²) in [5, 5.41) is 3.20.